The fourth-order valence-corrected chi connectivity index (χ4v) is 3.41. The molecule has 1 fully saturated rings. The number of amides is 2. The number of carbonyl (C=O) groups is 3. The van der Waals surface area contributed by atoms with E-state index in [0.29, 0.717) is 18.4 Å². The predicted octanol–water partition coefficient (Wildman–Crippen LogP) is 2.18. The third kappa shape index (κ3) is 3.30. The molecule has 2 atom stereocenters. The van der Waals surface area contributed by atoms with E-state index in [-0.39, 0.29) is 17.6 Å². The highest BCUT2D eigenvalue weighted by Crippen LogP contribution is 2.25. The lowest BCUT2D eigenvalue weighted by Gasteiger charge is -2.28. The summed E-state index contributed by atoms with van der Waals surface area (Å²) in [5.74, 6) is -1.03. The second kappa shape index (κ2) is 6.83. The number of ketones is 1. The highest BCUT2D eigenvalue weighted by Gasteiger charge is 2.32. The largest absolute Gasteiger partial charge is 0.368 e. The van der Waals surface area contributed by atoms with E-state index in [1.165, 1.54) is 0 Å². The van der Waals surface area contributed by atoms with Gasteiger partial charge in [-0.1, -0.05) is 36.4 Å². The van der Waals surface area contributed by atoms with Gasteiger partial charge >= 0.3 is 0 Å². The summed E-state index contributed by atoms with van der Waals surface area (Å²) in [4.78, 5) is 36.2. The molecule has 2 aromatic carbocycles. The van der Waals surface area contributed by atoms with E-state index < -0.39 is 11.9 Å². The van der Waals surface area contributed by atoms with E-state index in [2.05, 4.69) is 5.32 Å². The van der Waals surface area contributed by atoms with E-state index in [1.54, 1.807) is 12.1 Å². The number of Topliss-reactive ketones (excluding diaryl/α,β-unsaturated/α-hetero) is 1. The Labute approximate surface area is 140 Å². The monoisotopic (exact) mass is 324 g/mol. The quantitative estimate of drug-likeness (QED) is 0.903. The van der Waals surface area contributed by atoms with Crippen LogP contribution in [-0.2, 0) is 9.59 Å². The lowest BCUT2D eigenvalue weighted by molar-refractivity contribution is -0.124. The van der Waals surface area contributed by atoms with E-state index in [4.69, 9.17) is 5.73 Å². The van der Waals surface area contributed by atoms with Gasteiger partial charge in [-0.2, -0.15) is 0 Å². The van der Waals surface area contributed by atoms with Crippen LogP contribution in [0.5, 0.6) is 0 Å². The van der Waals surface area contributed by atoms with Gasteiger partial charge in [0.25, 0.3) is 5.91 Å². The summed E-state index contributed by atoms with van der Waals surface area (Å²) in [5, 5.41) is 4.52. The van der Waals surface area contributed by atoms with Crippen LogP contribution in [0, 0.1) is 5.92 Å². The van der Waals surface area contributed by atoms with Crippen molar-refractivity contribution in [3.63, 3.8) is 0 Å². The van der Waals surface area contributed by atoms with Crippen LogP contribution in [-0.4, -0.2) is 23.6 Å². The molecule has 0 saturated heterocycles. The van der Waals surface area contributed by atoms with Gasteiger partial charge in [0, 0.05) is 18.4 Å². The third-order valence-corrected chi connectivity index (χ3v) is 4.62. The zero-order valence-electron chi connectivity index (χ0n) is 13.3. The van der Waals surface area contributed by atoms with Crippen LogP contribution in [0.15, 0.2) is 42.5 Å². The average Bonchev–Trinajstić information content (AvgIpc) is 2.58. The molecule has 3 N–H and O–H groups in total. The second-order valence-electron chi connectivity index (χ2n) is 6.28. The third-order valence-electron chi connectivity index (χ3n) is 4.62. The topological polar surface area (TPSA) is 89.3 Å². The smallest absolute Gasteiger partial charge is 0.252 e. The Morgan fingerprint density at radius 1 is 1.12 bits per heavy atom. The first kappa shape index (κ1) is 16.2. The van der Waals surface area contributed by atoms with E-state index in [9.17, 15) is 14.4 Å². The molecule has 1 aliphatic carbocycles. The molecule has 5 nitrogen and oxygen atoms in total. The van der Waals surface area contributed by atoms with Crippen molar-refractivity contribution in [2.45, 2.75) is 31.7 Å². The minimum Gasteiger partial charge on any atom is -0.368 e. The van der Waals surface area contributed by atoms with Gasteiger partial charge in [0.15, 0.2) is 0 Å². The molecule has 0 bridgehead atoms. The number of rotatable bonds is 4. The van der Waals surface area contributed by atoms with Gasteiger partial charge in [0.1, 0.15) is 11.8 Å². The van der Waals surface area contributed by atoms with Gasteiger partial charge in [0.2, 0.25) is 5.91 Å². The van der Waals surface area contributed by atoms with Crippen molar-refractivity contribution in [3.8, 4) is 0 Å². The van der Waals surface area contributed by atoms with Crippen LogP contribution < -0.4 is 11.1 Å². The van der Waals surface area contributed by atoms with Crippen LogP contribution in [0.2, 0.25) is 0 Å². The molecule has 0 radical (unpaired) electrons. The molecule has 0 spiro atoms. The first-order valence-corrected chi connectivity index (χ1v) is 8.16. The Bertz CT molecular complexity index is 795. The molecule has 0 aromatic heterocycles. The molecular formula is C19H20N2O3. The van der Waals surface area contributed by atoms with Crippen LogP contribution in [0.3, 0.4) is 0 Å². The number of primary amides is 1. The van der Waals surface area contributed by atoms with Crippen molar-refractivity contribution in [1.82, 2.24) is 5.32 Å². The van der Waals surface area contributed by atoms with Crippen LogP contribution in [0.25, 0.3) is 10.8 Å². The predicted molar refractivity (Wildman–Crippen MR) is 91.4 cm³/mol. The molecule has 3 rings (SSSR count). The Morgan fingerprint density at radius 3 is 2.62 bits per heavy atom. The molecule has 124 valence electrons. The number of nitrogens with one attached hydrogen (secondary N) is 1. The number of nitrogens with two attached hydrogens (primary N) is 1. The molecule has 2 amide bonds. The number of hydrogen-bond donors (Lipinski definition) is 2. The van der Waals surface area contributed by atoms with Crippen LogP contribution in [0.4, 0.5) is 0 Å². The molecule has 0 aliphatic heterocycles. The normalized spacial score (nSPS) is 19.0. The van der Waals surface area contributed by atoms with E-state index in [0.717, 1.165) is 23.6 Å². The average molecular weight is 324 g/mol. The maximum absolute atomic E-state index is 12.7. The lowest BCUT2D eigenvalue weighted by atomic mass is 9.82. The number of carbonyl (C=O) groups excluding carboxylic acids is 3. The summed E-state index contributed by atoms with van der Waals surface area (Å²) in [6, 6.07) is 12.2. The maximum Gasteiger partial charge on any atom is 0.252 e. The summed E-state index contributed by atoms with van der Waals surface area (Å²) in [7, 11) is 0. The Kier molecular flexibility index (Phi) is 4.60. The van der Waals surface area contributed by atoms with Crippen molar-refractivity contribution >= 4 is 28.4 Å². The number of fused-ring (bicyclic) bond motifs is 1. The minimum absolute atomic E-state index is 0.122. The van der Waals surface area contributed by atoms with Gasteiger partial charge in [-0.3, -0.25) is 14.4 Å². The second-order valence-corrected chi connectivity index (χ2v) is 6.28. The maximum atomic E-state index is 12.7. The summed E-state index contributed by atoms with van der Waals surface area (Å²) < 4.78 is 0. The lowest BCUT2D eigenvalue weighted by Crippen LogP contribution is -2.50. The highest BCUT2D eigenvalue weighted by molar-refractivity contribution is 6.08. The number of hydrogen-bond acceptors (Lipinski definition) is 3. The van der Waals surface area contributed by atoms with Crippen molar-refractivity contribution < 1.29 is 14.4 Å². The zero-order chi connectivity index (χ0) is 17.1. The van der Waals surface area contributed by atoms with Gasteiger partial charge in [0.05, 0.1) is 0 Å². The van der Waals surface area contributed by atoms with Gasteiger partial charge in [-0.15, -0.1) is 0 Å². The van der Waals surface area contributed by atoms with Crippen molar-refractivity contribution in [2.75, 3.05) is 0 Å². The van der Waals surface area contributed by atoms with Crippen molar-refractivity contribution in [3.05, 3.63) is 48.0 Å². The zero-order valence-corrected chi connectivity index (χ0v) is 13.3. The molecule has 0 heterocycles. The molecule has 2 aromatic rings. The fourth-order valence-electron chi connectivity index (χ4n) is 3.41. The summed E-state index contributed by atoms with van der Waals surface area (Å²) in [6.07, 6.45) is 2.29. The molecule has 24 heavy (non-hydrogen) atoms. The van der Waals surface area contributed by atoms with Gasteiger partial charge < -0.3 is 11.1 Å². The molecule has 1 aliphatic rings. The fraction of sp³-hybridized carbons (Fsp3) is 0.316. The van der Waals surface area contributed by atoms with Crippen molar-refractivity contribution in [1.29, 1.82) is 0 Å². The molecule has 1 saturated carbocycles. The SMILES string of the molecule is NC(=O)[C@H](NC(=O)c1cccc2ccccc12)[C@@H]1CCCC(=O)C1. The van der Waals surface area contributed by atoms with E-state index >= 15 is 0 Å². The highest BCUT2D eigenvalue weighted by atomic mass is 16.2. The Hall–Kier alpha value is -2.69. The summed E-state index contributed by atoms with van der Waals surface area (Å²) in [6.45, 7) is 0. The van der Waals surface area contributed by atoms with Crippen molar-refractivity contribution in [2.24, 2.45) is 11.7 Å². The van der Waals surface area contributed by atoms with Crippen LogP contribution in [0.1, 0.15) is 36.0 Å². The molecule has 0 unspecified atom stereocenters. The molecular weight excluding hydrogens is 304 g/mol. The summed E-state index contributed by atoms with van der Waals surface area (Å²) in [5.41, 5.74) is 5.99. The minimum atomic E-state index is -0.819. The first-order chi connectivity index (χ1) is 11.6. The standard InChI is InChI=1S/C19H20N2O3/c20-18(23)17(13-7-3-8-14(22)11-13)21-19(24)16-10-4-6-12-5-1-2-9-15(12)16/h1-2,4-6,9-10,13,17H,3,7-8,11H2,(H2,20,23)(H,21,24)/t13-,17-/m1/s1. The Balaban J connectivity index is 1.85. The van der Waals surface area contributed by atoms with E-state index in [1.807, 2.05) is 30.3 Å². The van der Waals surface area contributed by atoms with Gasteiger partial charge in [-0.25, -0.2) is 0 Å². The van der Waals surface area contributed by atoms with Crippen LogP contribution >= 0.6 is 0 Å². The first-order valence-electron chi connectivity index (χ1n) is 8.16. The Morgan fingerprint density at radius 2 is 1.88 bits per heavy atom. The molecule has 5 heteroatoms. The van der Waals surface area contributed by atoms with Gasteiger partial charge in [-0.05, 0) is 35.6 Å². The summed E-state index contributed by atoms with van der Waals surface area (Å²) >= 11 is 0. The number of benzene rings is 2.